The molecular weight excluding hydrogens is 212 g/mol. The van der Waals surface area contributed by atoms with Crippen LogP contribution in [0.1, 0.15) is 34.8 Å². The summed E-state index contributed by atoms with van der Waals surface area (Å²) in [6.07, 6.45) is 3.96. The number of aryl methyl sites for hydroxylation is 2. The lowest BCUT2D eigenvalue weighted by Crippen LogP contribution is -2.18. The fourth-order valence-electron chi connectivity index (χ4n) is 2.49. The molecule has 0 aliphatic heterocycles. The van der Waals surface area contributed by atoms with Crippen LogP contribution >= 0.6 is 0 Å². The molecule has 88 valence electrons. The first-order valence-electron chi connectivity index (χ1n) is 6.05. The van der Waals surface area contributed by atoms with Crippen molar-refractivity contribution in [3.63, 3.8) is 0 Å². The van der Waals surface area contributed by atoms with Crippen LogP contribution in [-0.4, -0.2) is 5.16 Å². The molecule has 3 rings (SSSR count). The van der Waals surface area contributed by atoms with Crippen LogP contribution in [0.3, 0.4) is 0 Å². The lowest BCUT2D eigenvalue weighted by Gasteiger charge is -2.13. The molecule has 3 nitrogen and oxygen atoms in total. The minimum absolute atomic E-state index is 0.460. The van der Waals surface area contributed by atoms with Gasteiger partial charge in [-0.15, -0.1) is 0 Å². The Labute approximate surface area is 101 Å². The summed E-state index contributed by atoms with van der Waals surface area (Å²) in [4.78, 5) is 0. The van der Waals surface area contributed by atoms with Crippen LogP contribution in [0.15, 0.2) is 35.1 Å². The molecule has 3 heteroatoms. The van der Waals surface area contributed by atoms with E-state index in [1.165, 1.54) is 29.5 Å². The lowest BCUT2D eigenvalue weighted by molar-refractivity contribution is 0.404. The zero-order valence-corrected chi connectivity index (χ0v) is 9.94. The molecule has 1 N–H and O–H groups in total. The standard InChI is InChI=1S/C14H16N2O/c1-10-2-3-11-4-5-14(13(11)8-10)15-9-12-6-7-17-16-12/h2-3,6-8,14-15H,4-5,9H2,1H3. The van der Waals surface area contributed by atoms with Crippen LogP contribution in [0.4, 0.5) is 0 Å². The van der Waals surface area contributed by atoms with Crippen molar-refractivity contribution in [3.05, 3.63) is 52.9 Å². The fraction of sp³-hybridized carbons (Fsp3) is 0.357. The summed E-state index contributed by atoms with van der Waals surface area (Å²) in [5.41, 5.74) is 5.23. The molecule has 1 aliphatic carbocycles. The molecule has 0 saturated heterocycles. The average molecular weight is 228 g/mol. The Kier molecular flexibility index (Phi) is 2.69. The molecular formula is C14H16N2O. The Balaban J connectivity index is 1.73. The Hall–Kier alpha value is -1.61. The molecule has 1 aromatic heterocycles. The highest BCUT2D eigenvalue weighted by Gasteiger charge is 2.21. The predicted octanol–water partition coefficient (Wildman–Crippen LogP) is 2.76. The summed E-state index contributed by atoms with van der Waals surface area (Å²) in [5, 5.41) is 7.46. The zero-order chi connectivity index (χ0) is 11.7. The SMILES string of the molecule is Cc1ccc2c(c1)C(NCc1ccon1)CC2. The quantitative estimate of drug-likeness (QED) is 0.877. The van der Waals surface area contributed by atoms with Gasteiger partial charge in [0.25, 0.3) is 0 Å². The van der Waals surface area contributed by atoms with E-state index in [2.05, 4.69) is 35.6 Å². The Morgan fingerprint density at radius 1 is 1.41 bits per heavy atom. The normalized spacial score (nSPS) is 18.3. The van der Waals surface area contributed by atoms with Gasteiger partial charge in [-0.3, -0.25) is 0 Å². The maximum atomic E-state index is 4.83. The first-order valence-corrected chi connectivity index (χ1v) is 6.05. The van der Waals surface area contributed by atoms with Crippen LogP contribution < -0.4 is 5.32 Å². The van der Waals surface area contributed by atoms with E-state index in [1.807, 2.05) is 6.07 Å². The molecule has 0 fully saturated rings. The van der Waals surface area contributed by atoms with Crippen LogP contribution in [0.25, 0.3) is 0 Å². The monoisotopic (exact) mass is 228 g/mol. The van der Waals surface area contributed by atoms with Gasteiger partial charge in [0.2, 0.25) is 0 Å². The third-order valence-electron chi connectivity index (χ3n) is 3.40. The molecule has 0 spiro atoms. The molecule has 0 radical (unpaired) electrons. The van der Waals surface area contributed by atoms with E-state index in [-0.39, 0.29) is 0 Å². The van der Waals surface area contributed by atoms with Gasteiger partial charge in [-0.1, -0.05) is 28.9 Å². The maximum absolute atomic E-state index is 4.83. The van der Waals surface area contributed by atoms with Crippen molar-refractivity contribution in [2.24, 2.45) is 0 Å². The van der Waals surface area contributed by atoms with Crippen molar-refractivity contribution >= 4 is 0 Å². The molecule has 0 bridgehead atoms. The maximum Gasteiger partial charge on any atom is 0.124 e. The number of rotatable bonds is 3. The molecule has 1 atom stereocenters. The van der Waals surface area contributed by atoms with E-state index < -0.39 is 0 Å². The van der Waals surface area contributed by atoms with Crippen LogP contribution in [0.2, 0.25) is 0 Å². The summed E-state index contributed by atoms with van der Waals surface area (Å²) < 4.78 is 4.83. The van der Waals surface area contributed by atoms with Crippen LogP contribution in [-0.2, 0) is 13.0 Å². The first-order chi connectivity index (χ1) is 8.33. The second kappa shape index (κ2) is 4.34. The number of nitrogens with one attached hydrogen (secondary N) is 1. The van der Waals surface area contributed by atoms with Gasteiger partial charge in [0.1, 0.15) is 6.26 Å². The predicted molar refractivity (Wildman–Crippen MR) is 65.6 cm³/mol. The minimum atomic E-state index is 0.460. The topological polar surface area (TPSA) is 38.1 Å². The lowest BCUT2D eigenvalue weighted by atomic mass is 10.1. The Morgan fingerprint density at radius 3 is 3.18 bits per heavy atom. The fourth-order valence-corrected chi connectivity index (χ4v) is 2.49. The highest BCUT2D eigenvalue weighted by atomic mass is 16.5. The molecule has 0 amide bonds. The molecule has 17 heavy (non-hydrogen) atoms. The summed E-state index contributed by atoms with van der Waals surface area (Å²) in [6, 6.07) is 9.10. The van der Waals surface area contributed by atoms with Crippen molar-refractivity contribution in [3.8, 4) is 0 Å². The van der Waals surface area contributed by atoms with E-state index in [4.69, 9.17) is 4.52 Å². The van der Waals surface area contributed by atoms with E-state index >= 15 is 0 Å². The highest BCUT2D eigenvalue weighted by molar-refractivity contribution is 5.37. The molecule has 2 aromatic rings. The van der Waals surface area contributed by atoms with Gasteiger partial charge in [0, 0.05) is 18.7 Å². The second-order valence-corrected chi connectivity index (χ2v) is 4.67. The number of hydrogen-bond acceptors (Lipinski definition) is 3. The van der Waals surface area contributed by atoms with Crippen molar-refractivity contribution in [1.29, 1.82) is 0 Å². The Bertz CT molecular complexity index is 505. The van der Waals surface area contributed by atoms with Crippen molar-refractivity contribution in [1.82, 2.24) is 10.5 Å². The molecule has 1 aromatic carbocycles. The van der Waals surface area contributed by atoms with Gasteiger partial charge in [-0.2, -0.15) is 0 Å². The van der Waals surface area contributed by atoms with Gasteiger partial charge in [0.15, 0.2) is 0 Å². The van der Waals surface area contributed by atoms with Crippen LogP contribution in [0, 0.1) is 6.92 Å². The van der Waals surface area contributed by atoms with Gasteiger partial charge < -0.3 is 9.84 Å². The minimum Gasteiger partial charge on any atom is -0.364 e. The van der Waals surface area contributed by atoms with Gasteiger partial charge in [-0.25, -0.2) is 0 Å². The number of nitrogens with zero attached hydrogens (tertiary/aromatic N) is 1. The van der Waals surface area contributed by atoms with Crippen LogP contribution in [0.5, 0.6) is 0 Å². The summed E-state index contributed by atoms with van der Waals surface area (Å²) >= 11 is 0. The Morgan fingerprint density at radius 2 is 2.35 bits per heavy atom. The number of fused-ring (bicyclic) bond motifs is 1. The van der Waals surface area contributed by atoms with E-state index in [1.54, 1.807) is 6.26 Å². The average Bonchev–Trinajstić information content (AvgIpc) is 2.94. The molecule has 1 heterocycles. The smallest absolute Gasteiger partial charge is 0.124 e. The second-order valence-electron chi connectivity index (χ2n) is 4.67. The highest BCUT2D eigenvalue weighted by Crippen LogP contribution is 2.31. The number of hydrogen-bond donors (Lipinski definition) is 1. The van der Waals surface area contributed by atoms with Gasteiger partial charge >= 0.3 is 0 Å². The largest absolute Gasteiger partial charge is 0.364 e. The summed E-state index contributed by atoms with van der Waals surface area (Å²) in [6.45, 7) is 2.92. The number of aromatic nitrogens is 1. The summed E-state index contributed by atoms with van der Waals surface area (Å²) in [7, 11) is 0. The van der Waals surface area contributed by atoms with Crippen molar-refractivity contribution in [2.45, 2.75) is 32.4 Å². The molecule has 0 saturated carbocycles. The molecule has 1 aliphatic rings. The van der Waals surface area contributed by atoms with E-state index in [9.17, 15) is 0 Å². The first kappa shape index (κ1) is 10.5. The summed E-state index contributed by atoms with van der Waals surface area (Å²) in [5.74, 6) is 0. The van der Waals surface area contributed by atoms with Crippen molar-refractivity contribution in [2.75, 3.05) is 0 Å². The van der Waals surface area contributed by atoms with Crippen molar-refractivity contribution < 1.29 is 4.52 Å². The third kappa shape index (κ3) is 2.11. The molecule has 1 unspecified atom stereocenters. The van der Waals surface area contributed by atoms with Gasteiger partial charge in [-0.05, 0) is 30.9 Å². The third-order valence-corrected chi connectivity index (χ3v) is 3.40. The van der Waals surface area contributed by atoms with E-state index in [0.29, 0.717) is 6.04 Å². The van der Waals surface area contributed by atoms with E-state index in [0.717, 1.165) is 12.2 Å². The van der Waals surface area contributed by atoms with Gasteiger partial charge in [0.05, 0.1) is 5.69 Å². The zero-order valence-electron chi connectivity index (χ0n) is 9.94. The number of benzene rings is 1.